The van der Waals surface area contributed by atoms with Crippen molar-refractivity contribution in [3.8, 4) is 22.3 Å². The molecule has 2 unspecified atom stereocenters. The van der Waals surface area contributed by atoms with Gasteiger partial charge < -0.3 is 0 Å². The Labute approximate surface area is 294 Å². The molecular weight excluding hydrogens is 672 g/mol. The van der Waals surface area contributed by atoms with Crippen molar-refractivity contribution >= 4 is 29.2 Å². The minimum atomic E-state index is -2.45. The van der Waals surface area contributed by atoms with Crippen molar-refractivity contribution in [1.29, 1.82) is 0 Å². The predicted molar refractivity (Wildman–Crippen MR) is 206 cm³/mol. The summed E-state index contributed by atoms with van der Waals surface area (Å²) in [7, 11) is 0. The maximum absolute atomic E-state index is 2.67. The monoisotopic (exact) mass is 711 g/mol. The van der Waals surface area contributed by atoms with E-state index in [4.69, 9.17) is 0 Å². The molecule has 0 spiro atoms. The number of benzene rings is 6. The Hall–Kier alpha value is -4.10. The minimum absolute atomic E-state index is 0.491. The van der Waals surface area contributed by atoms with E-state index >= 15 is 0 Å². The predicted octanol–water partition coefficient (Wildman–Crippen LogP) is 12.1. The molecule has 0 heterocycles. The molecule has 0 aliphatic heterocycles. The van der Waals surface area contributed by atoms with Gasteiger partial charge in [-0.25, -0.2) is 0 Å². The average Bonchev–Trinajstić information content (AvgIpc) is 3.69. The quantitative estimate of drug-likeness (QED) is 0.145. The van der Waals surface area contributed by atoms with E-state index in [1.54, 1.807) is 22.3 Å². The molecule has 0 bridgehead atoms. The number of rotatable bonds is 7. The molecule has 2 aliphatic carbocycles. The van der Waals surface area contributed by atoms with Crippen LogP contribution in [0.2, 0.25) is 13.1 Å². The van der Waals surface area contributed by atoms with Crippen LogP contribution in [0.4, 0.5) is 0 Å². The molecule has 0 saturated carbocycles. The molecule has 2 atom stereocenters. The van der Waals surface area contributed by atoms with Gasteiger partial charge in [0.15, 0.2) is 0 Å². The Morgan fingerprint density at radius 3 is 1.19 bits per heavy atom. The topological polar surface area (TPSA) is 0 Å². The molecule has 48 heavy (non-hydrogen) atoms. The summed E-state index contributed by atoms with van der Waals surface area (Å²) in [6, 6.07) is 54.8. The van der Waals surface area contributed by atoms with E-state index in [9.17, 15) is 0 Å². The van der Waals surface area contributed by atoms with Crippen molar-refractivity contribution in [3.63, 3.8) is 0 Å². The second-order valence-corrected chi connectivity index (χ2v) is 33.8. The third-order valence-electron chi connectivity index (χ3n) is 10.5. The van der Waals surface area contributed by atoms with Crippen LogP contribution in [0.1, 0.15) is 51.8 Å². The second-order valence-electron chi connectivity index (χ2n) is 13.7. The van der Waals surface area contributed by atoms with Crippen molar-refractivity contribution in [2.24, 2.45) is 0 Å². The van der Waals surface area contributed by atoms with Gasteiger partial charge in [-0.05, 0) is 0 Å². The van der Waals surface area contributed by atoms with Gasteiger partial charge in [-0.1, -0.05) is 0 Å². The zero-order valence-electron chi connectivity index (χ0n) is 28.2. The molecule has 2 aliphatic rings. The molecule has 0 saturated heterocycles. The first-order valence-electron chi connectivity index (χ1n) is 17.3. The van der Waals surface area contributed by atoms with Crippen LogP contribution in [0.5, 0.6) is 0 Å². The number of fused-ring (bicyclic) bond motifs is 2. The van der Waals surface area contributed by atoms with Crippen molar-refractivity contribution in [1.82, 2.24) is 0 Å². The Bertz CT molecular complexity index is 2040. The normalized spacial score (nSPS) is 16.4. The summed E-state index contributed by atoms with van der Waals surface area (Å²) in [6.45, 7) is 9.85. The molecule has 0 N–H and O–H groups in total. The Morgan fingerprint density at radius 2 is 0.792 bits per heavy atom. The van der Waals surface area contributed by atoms with E-state index in [2.05, 4.69) is 185 Å². The molecule has 0 radical (unpaired) electrons. The summed E-state index contributed by atoms with van der Waals surface area (Å²) in [4.78, 5) is 0. The van der Waals surface area contributed by atoms with Crippen LogP contribution in [0.15, 0.2) is 146 Å². The Kier molecular flexibility index (Phi) is 8.49. The van der Waals surface area contributed by atoms with Gasteiger partial charge in [-0.15, -0.1) is 0 Å². The van der Waals surface area contributed by atoms with Crippen LogP contribution in [0.25, 0.3) is 45.6 Å². The first-order chi connectivity index (χ1) is 23.5. The Morgan fingerprint density at radius 1 is 0.417 bits per heavy atom. The number of allylic oxidation sites excluding steroid dienone is 2. The van der Waals surface area contributed by atoms with Crippen LogP contribution in [0.3, 0.4) is 0 Å². The molecule has 8 rings (SSSR count). The van der Waals surface area contributed by atoms with Crippen molar-refractivity contribution in [3.05, 3.63) is 190 Å². The summed E-state index contributed by atoms with van der Waals surface area (Å²) in [5.74, 6) is -1.12. The molecular formula is C46H41SiZr. The fourth-order valence-electron chi connectivity index (χ4n) is 8.34. The van der Waals surface area contributed by atoms with E-state index < -0.39 is 26.8 Å². The first-order valence-corrected chi connectivity index (χ1v) is 27.3. The summed E-state index contributed by atoms with van der Waals surface area (Å²) in [5.41, 5.74) is 20.0. The van der Waals surface area contributed by atoms with Crippen LogP contribution in [-0.2, 0) is 20.9 Å². The fraction of sp³-hybridized carbons (Fsp3) is 0.130. The standard InChI is InChI=1S/2C22H17.C2H7Si.Zr/c2*1-16-8-5-6-12-20(16)21-13-7-11-18-14-19(15-22(18)21)17-9-3-2-4-10-17;1-3-2;/h2*2-15H,1H3;3H,1-2H3;. The summed E-state index contributed by atoms with van der Waals surface area (Å²) in [6.07, 6.45) is 5.19. The Balaban J connectivity index is 1.37. The molecule has 6 aromatic carbocycles. The number of hydrogen-bond donors (Lipinski definition) is 0. The van der Waals surface area contributed by atoms with Crippen LogP contribution in [0, 0.1) is 13.8 Å². The summed E-state index contributed by atoms with van der Waals surface area (Å²) in [5, 5.41) is 0. The van der Waals surface area contributed by atoms with Gasteiger partial charge in [0.25, 0.3) is 0 Å². The number of aryl methyl sites for hydroxylation is 2. The molecule has 0 amide bonds. The molecule has 6 aromatic rings. The van der Waals surface area contributed by atoms with Crippen molar-refractivity contribution in [2.45, 2.75) is 34.2 Å². The zero-order chi connectivity index (χ0) is 32.8. The van der Waals surface area contributed by atoms with Crippen LogP contribution >= 0.6 is 0 Å². The van der Waals surface area contributed by atoms with Gasteiger partial charge >= 0.3 is 297 Å². The van der Waals surface area contributed by atoms with Crippen LogP contribution < -0.4 is 0 Å². The third kappa shape index (κ3) is 5.40. The van der Waals surface area contributed by atoms with Gasteiger partial charge in [0.2, 0.25) is 0 Å². The molecule has 0 aromatic heterocycles. The first kappa shape index (κ1) is 31.2. The van der Waals surface area contributed by atoms with Gasteiger partial charge in [0.05, 0.1) is 0 Å². The fourth-order valence-corrected chi connectivity index (χ4v) is 30.6. The van der Waals surface area contributed by atoms with Gasteiger partial charge in [0, 0.05) is 0 Å². The third-order valence-corrected chi connectivity index (χ3v) is 32.0. The molecule has 233 valence electrons. The van der Waals surface area contributed by atoms with Gasteiger partial charge in [0.1, 0.15) is 0 Å². The van der Waals surface area contributed by atoms with E-state index in [1.807, 2.05) is 0 Å². The summed E-state index contributed by atoms with van der Waals surface area (Å²) < 4.78 is 0.983. The average molecular weight is 713 g/mol. The van der Waals surface area contributed by atoms with E-state index in [0.29, 0.717) is 7.25 Å². The van der Waals surface area contributed by atoms with E-state index in [-0.39, 0.29) is 0 Å². The molecule has 0 nitrogen and oxygen atoms in total. The number of hydrogen-bond acceptors (Lipinski definition) is 0. The van der Waals surface area contributed by atoms with E-state index in [1.165, 1.54) is 55.6 Å². The maximum atomic E-state index is 2.67. The van der Waals surface area contributed by atoms with Crippen molar-refractivity contribution in [2.75, 3.05) is 0 Å². The van der Waals surface area contributed by atoms with E-state index in [0.717, 1.165) is 0 Å². The van der Waals surface area contributed by atoms with Crippen LogP contribution in [-0.4, -0.2) is 5.92 Å². The van der Waals surface area contributed by atoms with Gasteiger partial charge in [-0.2, -0.15) is 0 Å². The zero-order valence-corrected chi connectivity index (χ0v) is 31.9. The van der Waals surface area contributed by atoms with Crippen molar-refractivity contribution < 1.29 is 20.9 Å². The summed E-state index contributed by atoms with van der Waals surface area (Å²) >= 11 is -2.45. The molecule has 0 fully saturated rings. The second kappa shape index (κ2) is 13.1. The molecule has 2 heteroatoms. The van der Waals surface area contributed by atoms with Gasteiger partial charge in [-0.3, -0.25) is 0 Å². The SMILES string of the molecule is Cc1ccccc1-c1cccc2c1C=C(c1ccccc1)[CH]2[Zr]([CH]1C(c2ccccc2)=Cc2c(-c3ccccc3C)cccc21)[SiH](C)C.